The summed E-state index contributed by atoms with van der Waals surface area (Å²) in [5.41, 5.74) is 0.516. The van der Waals surface area contributed by atoms with Gasteiger partial charge in [0.25, 0.3) is 10.0 Å². The van der Waals surface area contributed by atoms with Crippen LogP contribution in [0.4, 0.5) is 8.78 Å². The quantitative estimate of drug-likeness (QED) is 0.528. The maximum Gasteiger partial charge on any atom is 0.343 e. The monoisotopic (exact) mass is 400 g/mol. The van der Waals surface area contributed by atoms with Crippen LogP contribution < -0.4 is 5.69 Å². The van der Waals surface area contributed by atoms with Gasteiger partial charge in [-0.1, -0.05) is 24.3 Å². The van der Waals surface area contributed by atoms with Crippen LogP contribution in [0.2, 0.25) is 0 Å². The average molecular weight is 400 g/mol. The van der Waals surface area contributed by atoms with Crippen LogP contribution in [0.1, 0.15) is 5.56 Å². The highest BCUT2D eigenvalue weighted by molar-refractivity contribution is 7.90. The SMILES string of the molecule is O=c1n(Cc2ccc(F)cc2)c2ccccc2n1S(=O)(=O)c1ccc(F)cc1. The van der Waals surface area contributed by atoms with E-state index < -0.39 is 27.3 Å². The zero-order valence-corrected chi connectivity index (χ0v) is 15.2. The molecular weight excluding hydrogens is 386 g/mol. The molecule has 0 aliphatic carbocycles. The van der Waals surface area contributed by atoms with Crippen molar-refractivity contribution >= 4 is 21.1 Å². The maximum absolute atomic E-state index is 13.2. The number of imidazole rings is 1. The van der Waals surface area contributed by atoms with Gasteiger partial charge in [0.1, 0.15) is 11.6 Å². The molecule has 4 aromatic rings. The Morgan fingerprint density at radius 2 is 1.29 bits per heavy atom. The highest BCUT2D eigenvalue weighted by atomic mass is 32.2. The van der Waals surface area contributed by atoms with E-state index in [0.29, 0.717) is 15.1 Å². The third-order valence-corrected chi connectivity index (χ3v) is 6.10. The van der Waals surface area contributed by atoms with E-state index >= 15 is 0 Å². The molecule has 1 aromatic heterocycles. The van der Waals surface area contributed by atoms with Crippen molar-refractivity contribution in [3.05, 3.63) is 100 Å². The number of fused-ring (bicyclic) bond motifs is 1. The molecule has 0 radical (unpaired) electrons. The van der Waals surface area contributed by atoms with Crippen LogP contribution >= 0.6 is 0 Å². The highest BCUT2D eigenvalue weighted by Gasteiger charge is 2.25. The Labute approximate surface area is 159 Å². The number of halogens is 2. The number of para-hydroxylation sites is 2. The Bertz CT molecular complexity index is 1320. The third kappa shape index (κ3) is 3.01. The van der Waals surface area contributed by atoms with Gasteiger partial charge in [0.2, 0.25) is 0 Å². The first kappa shape index (κ1) is 18.1. The van der Waals surface area contributed by atoms with E-state index in [2.05, 4.69) is 0 Å². The molecule has 0 aliphatic rings. The number of hydrogen-bond donors (Lipinski definition) is 0. The van der Waals surface area contributed by atoms with Gasteiger partial charge in [-0.05, 0) is 54.1 Å². The first-order valence-electron chi connectivity index (χ1n) is 8.34. The first-order valence-corrected chi connectivity index (χ1v) is 9.78. The highest BCUT2D eigenvalue weighted by Crippen LogP contribution is 2.21. The minimum atomic E-state index is -4.23. The van der Waals surface area contributed by atoms with Gasteiger partial charge in [0.15, 0.2) is 0 Å². The molecule has 5 nitrogen and oxygen atoms in total. The zero-order valence-electron chi connectivity index (χ0n) is 14.4. The molecular formula is C20H14F2N2O3S. The number of hydrogen-bond acceptors (Lipinski definition) is 3. The fourth-order valence-electron chi connectivity index (χ4n) is 3.05. The van der Waals surface area contributed by atoms with Crippen molar-refractivity contribution in [3.8, 4) is 0 Å². The van der Waals surface area contributed by atoms with Gasteiger partial charge in [-0.15, -0.1) is 0 Å². The van der Waals surface area contributed by atoms with E-state index in [1.165, 1.54) is 34.9 Å². The molecule has 8 heteroatoms. The Hall–Kier alpha value is -3.26. The summed E-state index contributed by atoms with van der Waals surface area (Å²) in [5.74, 6) is -0.984. The number of aromatic nitrogens is 2. The first-order chi connectivity index (χ1) is 13.4. The van der Waals surface area contributed by atoms with Crippen molar-refractivity contribution in [1.29, 1.82) is 0 Å². The molecule has 0 saturated carbocycles. The fourth-order valence-corrected chi connectivity index (χ4v) is 4.46. The Balaban J connectivity index is 1.93. The zero-order chi connectivity index (χ0) is 19.9. The second-order valence-electron chi connectivity index (χ2n) is 6.21. The minimum absolute atomic E-state index is 0.0750. The third-order valence-electron chi connectivity index (χ3n) is 4.40. The van der Waals surface area contributed by atoms with Crippen LogP contribution in [-0.2, 0) is 16.6 Å². The van der Waals surface area contributed by atoms with Crippen LogP contribution in [0.5, 0.6) is 0 Å². The summed E-state index contributed by atoms with van der Waals surface area (Å²) in [4.78, 5) is 12.9. The number of rotatable bonds is 4. The molecule has 0 bridgehead atoms. The molecule has 4 rings (SSSR count). The minimum Gasteiger partial charge on any atom is -0.287 e. The van der Waals surface area contributed by atoms with E-state index in [1.807, 2.05) is 0 Å². The lowest BCUT2D eigenvalue weighted by Gasteiger charge is -2.06. The molecule has 0 aliphatic heterocycles. The number of benzene rings is 3. The summed E-state index contributed by atoms with van der Waals surface area (Å²) in [7, 11) is -4.23. The lowest BCUT2D eigenvalue weighted by atomic mass is 10.2. The van der Waals surface area contributed by atoms with Gasteiger partial charge in [-0.25, -0.2) is 22.0 Å². The maximum atomic E-state index is 13.2. The van der Waals surface area contributed by atoms with Crippen molar-refractivity contribution in [2.75, 3.05) is 0 Å². The normalized spacial score (nSPS) is 11.8. The standard InChI is InChI=1S/C20H14F2N2O3S/c21-15-7-5-14(6-8-15)13-23-18-3-1-2-4-19(18)24(20(23)25)28(26,27)17-11-9-16(22)10-12-17/h1-12H,13H2. The van der Waals surface area contributed by atoms with E-state index in [0.717, 1.165) is 24.3 Å². The molecule has 28 heavy (non-hydrogen) atoms. The summed E-state index contributed by atoms with van der Waals surface area (Å²) in [6, 6.07) is 16.4. The van der Waals surface area contributed by atoms with Crippen molar-refractivity contribution in [1.82, 2.24) is 8.54 Å². The predicted octanol–water partition coefficient (Wildman–Crippen LogP) is 3.37. The largest absolute Gasteiger partial charge is 0.343 e. The summed E-state index contributed by atoms with van der Waals surface area (Å²) < 4.78 is 54.5. The second-order valence-corrected chi connectivity index (χ2v) is 7.99. The lowest BCUT2D eigenvalue weighted by Crippen LogP contribution is -2.30. The Morgan fingerprint density at radius 3 is 1.89 bits per heavy atom. The van der Waals surface area contributed by atoms with Crippen LogP contribution in [0.15, 0.2) is 82.5 Å². The summed E-state index contributed by atoms with van der Waals surface area (Å²) >= 11 is 0. The van der Waals surface area contributed by atoms with Crippen molar-refractivity contribution in [2.45, 2.75) is 11.4 Å². The van der Waals surface area contributed by atoms with Crippen LogP contribution in [0.3, 0.4) is 0 Å². The molecule has 0 N–H and O–H groups in total. The van der Waals surface area contributed by atoms with E-state index in [-0.39, 0.29) is 17.0 Å². The fraction of sp³-hybridized carbons (Fsp3) is 0.0500. The Kier molecular flexibility index (Phi) is 4.35. The smallest absolute Gasteiger partial charge is 0.287 e. The summed E-state index contributed by atoms with van der Waals surface area (Å²) in [6.07, 6.45) is 0. The van der Waals surface area contributed by atoms with Crippen LogP contribution in [0.25, 0.3) is 11.0 Å². The van der Waals surface area contributed by atoms with Crippen molar-refractivity contribution in [2.24, 2.45) is 0 Å². The van der Waals surface area contributed by atoms with Gasteiger partial charge >= 0.3 is 5.69 Å². The number of nitrogens with zero attached hydrogens (tertiary/aromatic N) is 2. The summed E-state index contributed by atoms with van der Waals surface area (Å²) in [5, 5.41) is 0. The van der Waals surface area contributed by atoms with Crippen LogP contribution in [-0.4, -0.2) is 17.0 Å². The second kappa shape index (κ2) is 6.72. The Morgan fingerprint density at radius 1 is 0.750 bits per heavy atom. The van der Waals surface area contributed by atoms with Gasteiger partial charge in [-0.3, -0.25) is 4.57 Å². The van der Waals surface area contributed by atoms with E-state index in [4.69, 9.17) is 0 Å². The van der Waals surface area contributed by atoms with Gasteiger partial charge in [0, 0.05) is 0 Å². The summed E-state index contributed by atoms with van der Waals surface area (Å²) in [6.45, 7) is 0.0750. The van der Waals surface area contributed by atoms with Crippen molar-refractivity contribution in [3.63, 3.8) is 0 Å². The topological polar surface area (TPSA) is 61.1 Å². The van der Waals surface area contributed by atoms with E-state index in [1.54, 1.807) is 18.2 Å². The predicted molar refractivity (Wildman–Crippen MR) is 101 cm³/mol. The van der Waals surface area contributed by atoms with Crippen molar-refractivity contribution < 1.29 is 17.2 Å². The van der Waals surface area contributed by atoms with E-state index in [9.17, 15) is 22.0 Å². The molecule has 0 saturated heterocycles. The van der Waals surface area contributed by atoms with Gasteiger partial charge in [0.05, 0.1) is 22.5 Å². The molecule has 0 amide bonds. The molecule has 0 fully saturated rings. The molecule has 0 atom stereocenters. The molecule has 1 heterocycles. The molecule has 0 unspecified atom stereocenters. The van der Waals surface area contributed by atoms with Gasteiger partial charge < -0.3 is 0 Å². The van der Waals surface area contributed by atoms with Gasteiger partial charge in [-0.2, -0.15) is 3.97 Å². The average Bonchev–Trinajstić information content (AvgIpc) is 2.96. The molecule has 3 aromatic carbocycles. The van der Waals surface area contributed by atoms with Crippen LogP contribution in [0, 0.1) is 11.6 Å². The molecule has 0 spiro atoms. The molecule has 142 valence electrons. The lowest BCUT2D eigenvalue weighted by molar-refractivity contribution is 0.584.